The van der Waals surface area contributed by atoms with Crippen molar-refractivity contribution in [1.82, 2.24) is 15.5 Å². The summed E-state index contributed by atoms with van der Waals surface area (Å²) in [5.74, 6) is 3.08. The average Bonchev–Trinajstić information content (AvgIpc) is 2.72. The van der Waals surface area contributed by atoms with Crippen LogP contribution in [-0.2, 0) is 0 Å². The lowest BCUT2D eigenvalue weighted by Crippen LogP contribution is -2.46. The monoisotopic (exact) mass is 404 g/mol. The van der Waals surface area contributed by atoms with Crippen LogP contribution >= 0.6 is 0 Å². The molecule has 0 aromatic heterocycles. The smallest absolute Gasteiger partial charge is 0.191 e. The number of guanidine groups is 1. The molecule has 0 saturated carbocycles. The van der Waals surface area contributed by atoms with Crippen molar-refractivity contribution >= 4 is 5.96 Å². The molecule has 6 heteroatoms. The van der Waals surface area contributed by atoms with Crippen LogP contribution in [0.5, 0.6) is 11.5 Å². The predicted octanol–water partition coefficient (Wildman–Crippen LogP) is 3.83. The molecule has 1 aromatic carbocycles. The number of piperidine rings is 1. The Bertz CT molecular complexity index is 648. The number of hydrogen-bond acceptors (Lipinski definition) is 4. The number of rotatable bonds is 9. The zero-order chi connectivity index (χ0) is 21.2. The number of nitrogens with zero attached hydrogens (tertiary/aromatic N) is 2. The molecule has 1 aromatic rings. The van der Waals surface area contributed by atoms with Gasteiger partial charge < -0.3 is 25.0 Å². The van der Waals surface area contributed by atoms with E-state index in [9.17, 15) is 0 Å². The van der Waals surface area contributed by atoms with Crippen LogP contribution in [0.1, 0.15) is 59.1 Å². The fourth-order valence-corrected chi connectivity index (χ4v) is 3.79. The Kier molecular flexibility index (Phi) is 9.58. The molecule has 0 spiro atoms. The zero-order valence-electron chi connectivity index (χ0n) is 19.1. The summed E-state index contributed by atoms with van der Waals surface area (Å²) in [6.45, 7) is 15.2. The molecule has 1 fully saturated rings. The number of benzene rings is 1. The quantitative estimate of drug-likeness (QED) is 0.484. The molecule has 2 N–H and O–H groups in total. The first-order chi connectivity index (χ1) is 14.0. The maximum atomic E-state index is 5.76. The van der Waals surface area contributed by atoms with Crippen molar-refractivity contribution in [3.05, 3.63) is 23.8 Å². The second-order valence-electron chi connectivity index (χ2n) is 7.99. The first kappa shape index (κ1) is 23.3. The van der Waals surface area contributed by atoms with E-state index >= 15 is 0 Å². The second-order valence-corrected chi connectivity index (χ2v) is 7.99. The summed E-state index contributed by atoms with van der Waals surface area (Å²) in [5, 5.41) is 7.03. The number of ether oxygens (including phenoxy) is 2. The third-order valence-electron chi connectivity index (χ3n) is 5.48. The van der Waals surface area contributed by atoms with Gasteiger partial charge in [-0.1, -0.05) is 6.07 Å². The Morgan fingerprint density at radius 2 is 1.90 bits per heavy atom. The fourth-order valence-electron chi connectivity index (χ4n) is 3.79. The molecule has 29 heavy (non-hydrogen) atoms. The van der Waals surface area contributed by atoms with E-state index in [4.69, 9.17) is 9.47 Å². The van der Waals surface area contributed by atoms with Gasteiger partial charge >= 0.3 is 0 Å². The van der Waals surface area contributed by atoms with Crippen LogP contribution in [0.3, 0.4) is 0 Å². The van der Waals surface area contributed by atoms with E-state index in [-0.39, 0.29) is 6.04 Å². The lowest BCUT2D eigenvalue weighted by Gasteiger charge is -2.35. The summed E-state index contributed by atoms with van der Waals surface area (Å²) in [5.41, 5.74) is 1.14. The third-order valence-corrected chi connectivity index (χ3v) is 5.48. The Hall–Kier alpha value is -1.95. The summed E-state index contributed by atoms with van der Waals surface area (Å²) in [4.78, 5) is 7.00. The first-order valence-corrected chi connectivity index (χ1v) is 11.1. The molecule has 0 bridgehead atoms. The van der Waals surface area contributed by atoms with Gasteiger partial charge in [0.2, 0.25) is 0 Å². The van der Waals surface area contributed by atoms with Crippen LogP contribution in [-0.4, -0.2) is 56.8 Å². The molecule has 0 radical (unpaired) electrons. The van der Waals surface area contributed by atoms with E-state index in [1.165, 1.54) is 19.4 Å². The number of nitrogens with one attached hydrogen (secondary N) is 2. The molecule has 1 aliphatic heterocycles. The van der Waals surface area contributed by atoms with Gasteiger partial charge in [0.05, 0.1) is 19.3 Å². The van der Waals surface area contributed by atoms with Crippen LogP contribution < -0.4 is 20.1 Å². The lowest BCUT2D eigenvalue weighted by atomic mass is 9.97. The fraction of sp³-hybridized carbons (Fsp3) is 0.696. The minimum atomic E-state index is 0.106. The highest BCUT2D eigenvalue weighted by Gasteiger charge is 2.22. The van der Waals surface area contributed by atoms with Gasteiger partial charge in [0.25, 0.3) is 0 Å². The van der Waals surface area contributed by atoms with Gasteiger partial charge in [0, 0.05) is 26.2 Å². The minimum absolute atomic E-state index is 0.106. The second kappa shape index (κ2) is 11.9. The van der Waals surface area contributed by atoms with E-state index in [0.717, 1.165) is 36.1 Å². The lowest BCUT2D eigenvalue weighted by molar-refractivity contribution is 0.141. The van der Waals surface area contributed by atoms with E-state index in [1.54, 1.807) is 0 Å². The Morgan fingerprint density at radius 3 is 2.55 bits per heavy atom. The number of aliphatic imine (C=N–C) groups is 1. The molecule has 164 valence electrons. The van der Waals surface area contributed by atoms with Crippen LogP contribution in [0.4, 0.5) is 0 Å². The first-order valence-electron chi connectivity index (χ1n) is 11.1. The van der Waals surface area contributed by atoms with Crippen molar-refractivity contribution in [3.8, 4) is 11.5 Å². The molecule has 0 amide bonds. The molecule has 1 saturated heterocycles. The number of likely N-dealkylation sites (tertiary alicyclic amines) is 1. The molecule has 2 atom stereocenters. The number of hydrogen-bond donors (Lipinski definition) is 2. The molecule has 2 rings (SSSR count). The van der Waals surface area contributed by atoms with Crippen LogP contribution in [0.2, 0.25) is 0 Å². The summed E-state index contributed by atoms with van der Waals surface area (Å²) in [6, 6.07) is 6.85. The highest BCUT2D eigenvalue weighted by molar-refractivity contribution is 5.80. The van der Waals surface area contributed by atoms with Crippen molar-refractivity contribution < 1.29 is 9.47 Å². The maximum absolute atomic E-state index is 5.76. The summed E-state index contributed by atoms with van der Waals surface area (Å²) in [6.07, 6.45) is 2.55. The predicted molar refractivity (Wildman–Crippen MR) is 121 cm³/mol. The van der Waals surface area contributed by atoms with Gasteiger partial charge in [-0.05, 0) is 77.6 Å². The van der Waals surface area contributed by atoms with E-state index in [1.807, 2.05) is 27.0 Å². The summed E-state index contributed by atoms with van der Waals surface area (Å²) >= 11 is 0. The van der Waals surface area contributed by atoms with Crippen molar-refractivity contribution in [2.24, 2.45) is 10.9 Å². The molecule has 1 aliphatic rings. The largest absolute Gasteiger partial charge is 0.490 e. The van der Waals surface area contributed by atoms with Gasteiger partial charge in [-0.2, -0.15) is 0 Å². The van der Waals surface area contributed by atoms with Crippen molar-refractivity contribution in [2.75, 3.05) is 39.9 Å². The van der Waals surface area contributed by atoms with Crippen LogP contribution in [0.15, 0.2) is 23.2 Å². The molecular formula is C23H40N4O2. The topological polar surface area (TPSA) is 58.1 Å². The van der Waals surface area contributed by atoms with Crippen molar-refractivity contribution in [1.29, 1.82) is 0 Å². The van der Waals surface area contributed by atoms with Crippen molar-refractivity contribution in [3.63, 3.8) is 0 Å². The van der Waals surface area contributed by atoms with Crippen LogP contribution in [0.25, 0.3) is 0 Å². The van der Waals surface area contributed by atoms with Gasteiger partial charge in [0.1, 0.15) is 0 Å². The highest BCUT2D eigenvalue weighted by Crippen LogP contribution is 2.30. The highest BCUT2D eigenvalue weighted by atomic mass is 16.5. The zero-order valence-corrected chi connectivity index (χ0v) is 19.1. The molecule has 6 nitrogen and oxygen atoms in total. The summed E-state index contributed by atoms with van der Waals surface area (Å²) in [7, 11) is 1.83. The standard InChI is InChI=1S/C23H40N4O2/c1-7-28-21-12-11-20(14-22(21)29-8-2)18(5)26-23(24-6)25-15-19-10-9-13-27(16-19)17(3)4/h11-12,14,17-19H,7-10,13,15-16H2,1-6H3,(H2,24,25,26). The van der Waals surface area contributed by atoms with Gasteiger partial charge in [-0.15, -0.1) is 0 Å². The van der Waals surface area contributed by atoms with Gasteiger partial charge in [0.15, 0.2) is 17.5 Å². The molecular weight excluding hydrogens is 364 g/mol. The molecule has 2 unspecified atom stereocenters. The Labute approximate surface area is 177 Å². The Balaban J connectivity index is 1.94. The van der Waals surface area contributed by atoms with Gasteiger partial charge in [-0.25, -0.2) is 0 Å². The minimum Gasteiger partial charge on any atom is -0.490 e. The molecule has 1 heterocycles. The normalized spacial score (nSPS) is 19.1. The Morgan fingerprint density at radius 1 is 1.17 bits per heavy atom. The third kappa shape index (κ3) is 7.11. The van der Waals surface area contributed by atoms with E-state index in [2.05, 4.69) is 53.4 Å². The van der Waals surface area contributed by atoms with Gasteiger partial charge in [-0.3, -0.25) is 4.99 Å². The maximum Gasteiger partial charge on any atom is 0.191 e. The van der Waals surface area contributed by atoms with E-state index < -0.39 is 0 Å². The molecule has 0 aliphatic carbocycles. The van der Waals surface area contributed by atoms with Crippen LogP contribution in [0, 0.1) is 5.92 Å². The SMILES string of the molecule is CCOc1ccc(C(C)NC(=NC)NCC2CCCN(C(C)C)C2)cc1OCC. The summed E-state index contributed by atoms with van der Waals surface area (Å²) < 4.78 is 11.4. The van der Waals surface area contributed by atoms with E-state index in [0.29, 0.717) is 25.2 Å². The van der Waals surface area contributed by atoms with Crippen molar-refractivity contribution in [2.45, 2.75) is 59.5 Å². The average molecular weight is 405 g/mol.